The molecule has 0 saturated heterocycles. The molecule has 11 heavy (non-hydrogen) atoms. The zero-order valence-electron chi connectivity index (χ0n) is 7.05. The molecular formula is C8H14N2O. The molecule has 0 spiro atoms. The number of rotatable bonds is 4. The molecule has 62 valence electrons. The highest BCUT2D eigenvalue weighted by Gasteiger charge is 2.06. The second-order valence-corrected chi connectivity index (χ2v) is 2.10. The summed E-state index contributed by atoms with van der Waals surface area (Å²) in [6, 6.07) is 0. The average Bonchev–Trinajstić information content (AvgIpc) is 2.02. The lowest BCUT2D eigenvalue weighted by Crippen LogP contribution is -2.30. The van der Waals surface area contributed by atoms with Crippen molar-refractivity contribution in [3.05, 3.63) is 25.2 Å². The molecule has 0 aliphatic rings. The van der Waals surface area contributed by atoms with Crippen LogP contribution in [0.25, 0.3) is 0 Å². The van der Waals surface area contributed by atoms with Crippen molar-refractivity contribution in [2.45, 2.75) is 13.3 Å². The van der Waals surface area contributed by atoms with Gasteiger partial charge in [0, 0.05) is 13.5 Å². The van der Waals surface area contributed by atoms with Crippen LogP contribution in [0.3, 0.4) is 0 Å². The third-order valence-corrected chi connectivity index (χ3v) is 1.35. The molecule has 0 saturated carbocycles. The Hall–Kier alpha value is -1.25. The minimum absolute atomic E-state index is 0.0318. The third kappa shape index (κ3) is 2.89. The molecule has 3 nitrogen and oxygen atoms in total. The van der Waals surface area contributed by atoms with E-state index in [0.717, 1.165) is 0 Å². The van der Waals surface area contributed by atoms with Crippen molar-refractivity contribution in [3.8, 4) is 0 Å². The van der Waals surface area contributed by atoms with Gasteiger partial charge in [-0.2, -0.15) is 0 Å². The van der Waals surface area contributed by atoms with Gasteiger partial charge in [0.2, 0.25) is 5.91 Å². The van der Waals surface area contributed by atoms with E-state index < -0.39 is 0 Å². The Morgan fingerprint density at radius 1 is 1.73 bits per heavy atom. The first-order valence-electron chi connectivity index (χ1n) is 3.46. The van der Waals surface area contributed by atoms with Crippen LogP contribution in [-0.4, -0.2) is 17.9 Å². The molecular weight excluding hydrogens is 140 g/mol. The van der Waals surface area contributed by atoms with Gasteiger partial charge in [0.1, 0.15) is 5.82 Å². The Morgan fingerprint density at radius 3 is 2.64 bits per heavy atom. The van der Waals surface area contributed by atoms with Gasteiger partial charge in [-0.1, -0.05) is 20.1 Å². The summed E-state index contributed by atoms with van der Waals surface area (Å²) in [7, 11) is 1.67. The zero-order chi connectivity index (χ0) is 8.85. The Labute approximate surface area is 67.4 Å². The molecule has 0 aromatic rings. The number of nitrogens with one attached hydrogen (secondary N) is 1. The lowest BCUT2D eigenvalue weighted by atomic mass is 10.4. The molecule has 0 bridgehead atoms. The lowest BCUT2D eigenvalue weighted by molar-refractivity contribution is -0.127. The SMILES string of the molecule is C=CNC(=C)N(C)C(=O)CC. The summed E-state index contributed by atoms with van der Waals surface area (Å²) in [6.07, 6.45) is 1.97. The number of carbonyl (C=O) groups excluding carboxylic acids is 1. The van der Waals surface area contributed by atoms with Crippen LogP contribution in [0.15, 0.2) is 25.2 Å². The predicted molar refractivity (Wildman–Crippen MR) is 45.5 cm³/mol. The highest BCUT2D eigenvalue weighted by molar-refractivity contribution is 5.77. The molecule has 0 aliphatic heterocycles. The van der Waals surface area contributed by atoms with Crippen LogP contribution in [0, 0.1) is 0 Å². The van der Waals surface area contributed by atoms with Crippen molar-refractivity contribution in [2.24, 2.45) is 0 Å². The lowest BCUT2D eigenvalue weighted by Gasteiger charge is -2.18. The minimum atomic E-state index is 0.0318. The van der Waals surface area contributed by atoms with Crippen LogP contribution in [0.4, 0.5) is 0 Å². The molecule has 3 heteroatoms. The first kappa shape index (κ1) is 9.75. The molecule has 0 aromatic carbocycles. The van der Waals surface area contributed by atoms with Crippen molar-refractivity contribution in [1.29, 1.82) is 0 Å². The summed E-state index contributed by atoms with van der Waals surface area (Å²) >= 11 is 0. The van der Waals surface area contributed by atoms with E-state index in [1.54, 1.807) is 14.0 Å². The van der Waals surface area contributed by atoms with E-state index in [1.807, 2.05) is 0 Å². The Kier molecular flexibility index (Phi) is 4.03. The highest BCUT2D eigenvalue weighted by Crippen LogP contribution is 1.96. The van der Waals surface area contributed by atoms with Crippen molar-refractivity contribution in [1.82, 2.24) is 10.2 Å². The minimum Gasteiger partial charge on any atom is -0.349 e. The molecule has 1 N–H and O–H groups in total. The molecule has 0 heterocycles. The smallest absolute Gasteiger partial charge is 0.227 e. The van der Waals surface area contributed by atoms with E-state index in [4.69, 9.17) is 0 Å². The molecule has 0 aromatic heterocycles. The fourth-order valence-corrected chi connectivity index (χ4v) is 0.602. The third-order valence-electron chi connectivity index (χ3n) is 1.35. The first-order valence-corrected chi connectivity index (χ1v) is 3.46. The predicted octanol–water partition coefficient (Wildman–Crippen LogP) is 1.06. The van der Waals surface area contributed by atoms with Gasteiger partial charge in [-0.05, 0) is 6.20 Å². The van der Waals surface area contributed by atoms with E-state index in [9.17, 15) is 4.79 Å². The number of carbonyl (C=O) groups is 1. The average molecular weight is 154 g/mol. The second kappa shape index (κ2) is 4.55. The highest BCUT2D eigenvalue weighted by atomic mass is 16.2. The van der Waals surface area contributed by atoms with E-state index in [2.05, 4.69) is 18.5 Å². The molecule has 0 radical (unpaired) electrons. The van der Waals surface area contributed by atoms with E-state index in [-0.39, 0.29) is 5.91 Å². The van der Waals surface area contributed by atoms with Crippen LogP contribution in [0.1, 0.15) is 13.3 Å². The van der Waals surface area contributed by atoms with E-state index >= 15 is 0 Å². The van der Waals surface area contributed by atoms with Crippen LogP contribution < -0.4 is 5.32 Å². The molecule has 0 aliphatic carbocycles. The normalized spacial score (nSPS) is 8.55. The van der Waals surface area contributed by atoms with Crippen LogP contribution in [-0.2, 0) is 4.79 Å². The summed E-state index contributed by atoms with van der Waals surface area (Å²) in [4.78, 5) is 12.5. The van der Waals surface area contributed by atoms with Gasteiger partial charge < -0.3 is 10.2 Å². The van der Waals surface area contributed by atoms with Gasteiger partial charge >= 0.3 is 0 Å². The standard InChI is InChI=1S/C8H14N2O/c1-5-8(11)10(4)7(3)9-6-2/h6,9H,2-3,5H2,1,4H3. The maximum Gasteiger partial charge on any atom is 0.227 e. The number of hydrogen-bond donors (Lipinski definition) is 1. The molecule has 0 rings (SSSR count). The number of amides is 1. The van der Waals surface area contributed by atoms with Crippen molar-refractivity contribution in [3.63, 3.8) is 0 Å². The van der Waals surface area contributed by atoms with E-state index in [1.165, 1.54) is 11.1 Å². The second-order valence-electron chi connectivity index (χ2n) is 2.10. The number of hydrogen-bond acceptors (Lipinski definition) is 2. The maximum atomic E-state index is 11.0. The molecule has 0 fully saturated rings. The van der Waals surface area contributed by atoms with Gasteiger partial charge in [-0.25, -0.2) is 0 Å². The molecule has 0 atom stereocenters. The van der Waals surface area contributed by atoms with Crippen LogP contribution in [0.2, 0.25) is 0 Å². The largest absolute Gasteiger partial charge is 0.349 e. The summed E-state index contributed by atoms with van der Waals surface area (Å²) in [5.41, 5.74) is 0. The summed E-state index contributed by atoms with van der Waals surface area (Å²) in [5, 5.41) is 2.74. The molecule has 1 amide bonds. The van der Waals surface area contributed by atoms with Gasteiger partial charge in [0.15, 0.2) is 0 Å². The van der Waals surface area contributed by atoms with Crippen LogP contribution in [0.5, 0.6) is 0 Å². The summed E-state index contributed by atoms with van der Waals surface area (Å²) in [5.74, 6) is 0.580. The Morgan fingerprint density at radius 2 is 2.27 bits per heavy atom. The fraction of sp³-hybridized carbons (Fsp3) is 0.375. The van der Waals surface area contributed by atoms with E-state index in [0.29, 0.717) is 12.2 Å². The quantitative estimate of drug-likeness (QED) is 0.656. The van der Waals surface area contributed by atoms with Crippen LogP contribution >= 0.6 is 0 Å². The topological polar surface area (TPSA) is 32.3 Å². The maximum absolute atomic E-state index is 11.0. The van der Waals surface area contributed by atoms with Crippen molar-refractivity contribution < 1.29 is 4.79 Å². The van der Waals surface area contributed by atoms with Gasteiger partial charge in [-0.3, -0.25) is 4.79 Å². The van der Waals surface area contributed by atoms with Gasteiger partial charge in [0.25, 0.3) is 0 Å². The van der Waals surface area contributed by atoms with Gasteiger partial charge in [-0.15, -0.1) is 0 Å². The first-order chi connectivity index (χ1) is 5.13. The van der Waals surface area contributed by atoms with Crippen molar-refractivity contribution >= 4 is 5.91 Å². The monoisotopic (exact) mass is 154 g/mol. The van der Waals surface area contributed by atoms with Crippen molar-refractivity contribution in [2.75, 3.05) is 7.05 Å². The fourth-order valence-electron chi connectivity index (χ4n) is 0.602. The summed E-state index contributed by atoms with van der Waals surface area (Å²) < 4.78 is 0. The number of nitrogens with zero attached hydrogens (tertiary/aromatic N) is 1. The molecule has 0 unspecified atom stereocenters. The van der Waals surface area contributed by atoms with Gasteiger partial charge in [0.05, 0.1) is 0 Å². The Bertz CT molecular complexity index is 175. The zero-order valence-corrected chi connectivity index (χ0v) is 7.05. The summed E-state index contributed by atoms with van der Waals surface area (Å²) in [6.45, 7) is 8.90. The Balaban J connectivity index is 4.01.